The molecule has 0 amide bonds. The molecule has 0 aliphatic rings. The molecule has 0 aliphatic heterocycles. The molecule has 266 valence electrons. The van der Waals surface area contributed by atoms with Gasteiger partial charge in [-0.25, -0.2) is 18.5 Å². The Bertz CT molecular complexity index is 2230. The van der Waals surface area contributed by atoms with Crippen molar-refractivity contribution in [2.75, 3.05) is 6.61 Å². The van der Waals surface area contributed by atoms with Crippen LogP contribution in [0, 0.1) is 19.7 Å². The molecule has 2 aromatic heterocycles. The summed E-state index contributed by atoms with van der Waals surface area (Å²) in [6, 6.07) is 22.7. The van der Waals surface area contributed by atoms with Gasteiger partial charge in [-0.1, -0.05) is 87.5 Å². The number of Topliss-reactive ketones (excluding diaryl/α,β-unsaturated/α-hetero) is 1. The molecule has 3 aromatic carbocycles. The van der Waals surface area contributed by atoms with Crippen LogP contribution >= 0.6 is 11.3 Å². The Labute approximate surface area is 300 Å². The van der Waals surface area contributed by atoms with Gasteiger partial charge in [0.1, 0.15) is 21.1 Å². The zero-order valence-corrected chi connectivity index (χ0v) is 31.8. The molecule has 0 radical (unpaired) electrons. The predicted octanol–water partition coefficient (Wildman–Crippen LogP) is 5.88. The van der Waals surface area contributed by atoms with Gasteiger partial charge in [0.25, 0.3) is 5.56 Å². The van der Waals surface area contributed by atoms with Crippen molar-refractivity contribution >= 4 is 58.0 Å². The Balaban J connectivity index is 1.76. The third-order valence-electron chi connectivity index (χ3n) is 9.20. The van der Waals surface area contributed by atoms with Crippen LogP contribution in [0.2, 0.25) is 5.04 Å². The average molecular weight is 729 g/mol. The van der Waals surface area contributed by atoms with E-state index in [9.17, 15) is 28.4 Å². The number of hydrogen-bond donors (Lipinski definition) is 0. The normalized spacial score (nSPS) is 12.2. The molecular weight excluding hydrogens is 688 g/mol. The van der Waals surface area contributed by atoms with Crippen LogP contribution in [0.3, 0.4) is 0 Å². The lowest BCUT2D eigenvalue weighted by Crippen LogP contribution is -2.69. The van der Waals surface area contributed by atoms with E-state index in [1.807, 2.05) is 81.4 Å². The van der Waals surface area contributed by atoms with Gasteiger partial charge in [-0.15, -0.1) is 11.3 Å². The van der Waals surface area contributed by atoms with Crippen molar-refractivity contribution in [2.24, 2.45) is 0 Å². The van der Waals surface area contributed by atoms with Crippen molar-refractivity contribution in [1.82, 2.24) is 9.13 Å². The lowest BCUT2D eigenvalue weighted by atomic mass is 10.0. The Morgan fingerprint density at radius 1 is 0.863 bits per heavy atom. The standard InChI is InChI=1S/C39H41FN2O7SSi/c1-9-48-35(45)32-25(3)31-33(44)42(37(47)41(34(31)50-32)23-30(43)29-22-26(40)21-20-24(29)2)39(7,8)36(46)49-51(38(4,5)6,27-16-12-10-13-17-27)28-18-14-11-15-19-28/h10-22H,9,23H2,1-8H3. The summed E-state index contributed by atoms with van der Waals surface area (Å²) >= 11 is 0.847. The lowest BCUT2D eigenvalue weighted by Gasteiger charge is -2.43. The molecule has 0 saturated heterocycles. The van der Waals surface area contributed by atoms with Crippen molar-refractivity contribution in [3.8, 4) is 0 Å². The van der Waals surface area contributed by atoms with Crippen LogP contribution in [-0.2, 0) is 26.0 Å². The quantitative estimate of drug-likeness (QED) is 0.100. The minimum atomic E-state index is -3.49. The van der Waals surface area contributed by atoms with Gasteiger partial charge in [0.05, 0.1) is 18.5 Å². The first-order valence-electron chi connectivity index (χ1n) is 16.6. The summed E-state index contributed by atoms with van der Waals surface area (Å²) in [6.07, 6.45) is 0. The highest BCUT2D eigenvalue weighted by Gasteiger charge is 2.55. The first-order chi connectivity index (χ1) is 24.0. The van der Waals surface area contributed by atoms with E-state index in [4.69, 9.17) is 9.16 Å². The van der Waals surface area contributed by atoms with Gasteiger partial charge in [0, 0.05) is 5.56 Å². The summed E-state index contributed by atoms with van der Waals surface area (Å²) in [5.74, 6) is -2.75. The van der Waals surface area contributed by atoms with Crippen molar-refractivity contribution < 1.29 is 27.9 Å². The summed E-state index contributed by atoms with van der Waals surface area (Å²) in [5.41, 5.74) is -2.91. The number of ether oxygens (including phenoxy) is 1. The van der Waals surface area contributed by atoms with Crippen LogP contribution < -0.4 is 21.6 Å². The number of benzene rings is 3. The smallest absolute Gasteiger partial charge is 0.348 e. The van der Waals surface area contributed by atoms with Crippen molar-refractivity contribution in [1.29, 1.82) is 0 Å². The number of thiophene rings is 1. The highest BCUT2D eigenvalue weighted by Crippen LogP contribution is 2.38. The maximum Gasteiger partial charge on any atom is 0.348 e. The van der Waals surface area contributed by atoms with Gasteiger partial charge in [-0.2, -0.15) is 0 Å². The molecule has 0 spiro atoms. The second-order valence-electron chi connectivity index (χ2n) is 14.0. The molecule has 0 saturated carbocycles. The number of ketones is 1. The Hall–Kier alpha value is -4.94. The van der Waals surface area contributed by atoms with E-state index in [0.717, 1.165) is 36.9 Å². The number of carbonyl (C=O) groups is 3. The number of rotatable bonds is 10. The topological polar surface area (TPSA) is 114 Å². The highest BCUT2D eigenvalue weighted by atomic mass is 32.1. The van der Waals surface area contributed by atoms with Gasteiger partial charge in [-0.05, 0) is 73.3 Å². The minimum absolute atomic E-state index is 0.0160. The summed E-state index contributed by atoms with van der Waals surface area (Å²) in [7, 11) is -3.49. The summed E-state index contributed by atoms with van der Waals surface area (Å²) in [6.45, 7) is 13.2. The number of aryl methyl sites for hydroxylation is 2. The maximum atomic E-state index is 14.8. The van der Waals surface area contributed by atoms with Crippen LogP contribution in [0.5, 0.6) is 0 Å². The summed E-state index contributed by atoms with van der Waals surface area (Å²) in [5, 5.41) is 1.01. The third kappa shape index (κ3) is 6.54. The van der Waals surface area contributed by atoms with E-state index in [-0.39, 0.29) is 32.8 Å². The van der Waals surface area contributed by atoms with E-state index in [1.165, 1.54) is 26.0 Å². The van der Waals surface area contributed by atoms with Crippen LogP contribution in [0.4, 0.5) is 4.39 Å². The summed E-state index contributed by atoms with van der Waals surface area (Å²) < 4.78 is 28.1. The van der Waals surface area contributed by atoms with E-state index < -0.39 is 60.2 Å². The van der Waals surface area contributed by atoms with Gasteiger partial charge in [0.15, 0.2) is 5.78 Å². The van der Waals surface area contributed by atoms with Crippen LogP contribution in [0.15, 0.2) is 88.5 Å². The van der Waals surface area contributed by atoms with Gasteiger partial charge >= 0.3 is 25.9 Å². The molecule has 2 heterocycles. The first kappa shape index (κ1) is 37.3. The van der Waals surface area contributed by atoms with Crippen molar-refractivity contribution in [3.05, 3.63) is 127 Å². The highest BCUT2D eigenvalue weighted by molar-refractivity contribution is 7.20. The fourth-order valence-electron chi connectivity index (χ4n) is 6.50. The van der Waals surface area contributed by atoms with E-state index in [1.54, 1.807) is 20.8 Å². The van der Waals surface area contributed by atoms with Crippen LogP contribution in [-0.4, -0.2) is 41.8 Å². The van der Waals surface area contributed by atoms with Gasteiger partial charge in [-0.3, -0.25) is 19.0 Å². The third-order valence-corrected chi connectivity index (χ3v) is 15.4. The molecule has 0 atom stereocenters. The van der Waals surface area contributed by atoms with E-state index in [2.05, 4.69) is 0 Å². The number of carbonyl (C=O) groups excluding carboxylic acids is 3. The number of halogens is 1. The Morgan fingerprint density at radius 3 is 1.96 bits per heavy atom. The number of aromatic nitrogens is 2. The zero-order valence-electron chi connectivity index (χ0n) is 30.0. The van der Waals surface area contributed by atoms with Crippen molar-refractivity contribution in [3.63, 3.8) is 0 Å². The zero-order chi connectivity index (χ0) is 37.5. The number of nitrogens with zero attached hydrogens (tertiary/aromatic N) is 2. The number of esters is 1. The van der Waals surface area contributed by atoms with Crippen LogP contribution in [0.25, 0.3) is 10.2 Å². The van der Waals surface area contributed by atoms with Gasteiger partial charge < -0.3 is 9.16 Å². The Morgan fingerprint density at radius 2 is 1.43 bits per heavy atom. The molecule has 0 aliphatic carbocycles. The first-order valence-corrected chi connectivity index (χ1v) is 19.3. The molecule has 5 aromatic rings. The molecule has 9 nitrogen and oxygen atoms in total. The fourth-order valence-corrected chi connectivity index (χ4v) is 12.1. The largest absolute Gasteiger partial charge is 0.508 e. The predicted molar refractivity (Wildman–Crippen MR) is 200 cm³/mol. The second kappa shape index (κ2) is 14.0. The number of hydrogen-bond acceptors (Lipinski definition) is 8. The molecule has 0 unspecified atom stereocenters. The average Bonchev–Trinajstić information content (AvgIpc) is 3.43. The molecule has 51 heavy (non-hydrogen) atoms. The molecular formula is C39H41FN2O7SSi. The number of fused-ring (bicyclic) bond motifs is 1. The van der Waals surface area contributed by atoms with Crippen LogP contribution in [0.1, 0.15) is 72.7 Å². The maximum absolute atomic E-state index is 14.8. The molecule has 0 bridgehead atoms. The molecule has 12 heteroatoms. The van der Waals surface area contributed by atoms with E-state index in [0.29, 0.717) is 5.56 Å². The fraction of sp³-hybridized carbons (Fsp3) is 0.308. The van der Waals surface area contributed by atoms with Crippen molar-refractivity contribution in [2.45, 2.75) is 72.5 Å². The SMILES string of the molecule is CCOC(=O)c1sc2c(c1C)c(=O)n(C(C)(C)C(=O)O[Si](c1ccccc1)(c1ccccc1)C(C)(C)C)c(=O)n2CC(=O)c1cc(F)ccc1C. The summed E-state index contributed by atoms with van der Waals surface area (Å²) in [4.78, 5) is 70.7. The Kier molecular flexibility index (Phi) is 10.2. The second-order valence-corrected chi connectivity index (χ2v) is 19.2. The molecule has 0 fully saturated rings. The molecule has 0 N–H and O–H groups in total. The monoisotopic (exact) mass is 728 g/mol. The minimum Gasteiger partial charge on any atom is -0.508 e. The van der Waals surface area contributed by atoms with E-state index >= 15 is 0 Å². The molecule has 5 rings (SSSR count). The van der Waals surface area contributed by atoms with Gasteiger partial charge in [0.2, 0.25) is 0 Å². The lowest BCUT2D eigenvalue weighted by molar-refractivity contribution is -0.144.